The van der Waals surface area contributed by atoms with Crippen LogP contribution in [-0.4, -0.2) is 45.7 Å². The molecule has 20 heavy (non-hydrogen) atoms. The lowest BCUT2D eigenvalue weighted by Crippen LogP contribution is -3.27. The molecule has 1 aromatic carbocycles. The highest BCUT2D eigenvalue weighted by Crippen LogP contribution is 2.13. The van der Waals surface area contributed by atoms with Gasteiger partial charge in [0.25, 0.3) is 0 Å². The van der Waals surface area contributed by atoms with Gasteiger partial charge in [0.05, 0.1) is 20.0 Å². The molecule has 4 nitrogen and oxygen atoms in total. The van der Waals surface area contributed by atoms with Crippen molar-refractivity contribution < 1.29 is 14.6 Å². The van der Waals surface area contributed by atoms with Crippen molar-refractivity contribution in [2.24, 2.45) is 0 Å². The third kappa shape index (κ3) is 4.62. The van der Waals surface area contributed by atoms with E-state index >= 15 is 0 Å². The summed E-state index contributed by atoms with van der Waals surface area (Å²) >= 11 is 0. The average Bonchev–Trinajstić information content (AvgIpc) is 2.37. The first-order valence-electron chi connectivity index (χ1n) is 7.56. The van der Waals surface area contributed by atoms with Crippen LogP contribution in [0.3, 0.4) is 0 Å². The minimum absolute atomic E-state index is 0.133. The highest BCUT2D eigenvalue weighted by atomic mass is 16.1. The lowest BCUT2D eigenvalue weighted by Gasteiger charge is -2.27. The standard InChI is InChI=1S/C16H25N3O/c1-13-10-14(2)12-15(11-13)17-16(20)4-5-19-8-6-18(3)7-9-19/h10-12H,4-9H2,1-3H3,(H,17,20)/p+2. The molecule has 110 valence electrons. The molecule has 2 rings (SSSR count). The molecule has 0 aliphatic carbocycles. The van der Waals surface area contributed by atoms with Crippen molar-refractivity contribution in [3.8, 4) is 0 Å². The summed E-state index contributed by atoms with van der Waals surface area (Å²) in [6.07, 6.45) is 0.612. The van der Waals surface area contributed by atoms with Crippen molar-refractivity contribution in [1.82, 2.24) is 0 Å². The fraction of sp³-hybridized carbons (Fsp3) is 0.562. The van der Waals surface area contributed by atoms with E-state index in [0.29, 0.717) is 6.42 Å². The summed E-state index contributed by atoms with van der Waals surface area (Å²) in [5.41, 5.74) is 3.30. The zero-order valence-electron chi connectivity index (χ0n) is 12.9. The van der Waals surface area contributed by atoms with E-state index in [4.69, 9.17) is 0 Å². The molecule has 1 aliphatic heterocycles. The van der Waals surface area contributed by atoms with Crippen LogP contribution in [0, 0.1) is 13.8 Å². The third-order valence-electron chi connectivity index (χ3n) is 4.02. The predicted octanol–water partition coefficient (Wildman–Crippen LogP) is -0.955. The largest absolute Gasteiger partial charge is 0.328 e. The predicted molar refractivity (Wildman–Crippen MR) is 81.3 cm³/mol. The SMILES string of the molecule is Cc1cc(C)cc(NC(=O)CC[NH+]2CC[NH+](C)CC2)c1. The van der Waals surface area contributed by atoms with Crippen molar-refractivity contribution in [3.05, 3.63) is 29.3 Å². The van der Waals surface area contributed by atoms with Crippen molar-refractivity contribution in [3.63, 3.8) is 0 Å². The first-order valence-corrected chi connectivity index (χ1v) is 7.56. The van der Waals surface area contributed by atoms with Gasteiger partial charge in [0.1, 0.15) is 26.2 Å². The Kier molecular flexibility index (Phi) is 5.15. The minimum atomic E-state index is 0.133. The second kappa shape index (κ2) is 6.86. The van der Waals surface area contributed by atoms with E-state index in [1.54, 1.807) is 9.80 Å². The minimum Gasteiger partial charge on any atom is -0.328 e. The molecular weight excluding hydrogens is 250 g/mol. The zero-order chi connectivity index (χ0) is 14.5. The summed E-state index contributed by atoms with van der Waals surface area (Å²) in [5.74, 6) is 0.133. The summed E-state index contributed by atoms with van der Waals surface area (Å²) < 4.78 is 0. The number of carbonyl (C=O) groups is 1. The second-order valence-corrected chi connectivity index (χ2v) is 6.13. The molecular formula is C16H27N3O+2. The Morgan fingerprint density at radius 1 is 1.10 bits per heavy atom. The summed E-state index contributed by atoms with van der Waals surface area (Å²) in [7, 11) is 2.24. The van der Waals surface area contributed by atoms with Gasteiger partial charge in [-0.3, -0.25) is 4.79 Å². The number of quaternary nitrogens is 2. The molecule has 0 aromatic heterocycles. The number of hydrogen-bond acceptors (Lipinski definition) is 1. The summed E-state index contributed by atoms with van der Waals surface area (Å²) in [5, 5.41) is 3.01. The monoisotopic (exact) mass is 277 g/mol. The van der Waals surface area contributed by atoms with Gasteiger partial charge in [0.15, 0.2) is 0 Å². The van der Waals surface area contributed by atoms with E-state index in [2.05, 4.69) is 32.3 Å². The van der Waals surface area contributed by atoms with Crippen LogP contribution in [0.15, 0.2) is 18.2 Å². The Bertz CT molecular complexity index is 445. The molecule has 0 saturated carbocycles. The summed E-state index contributed by atoms with van der Waals surface area (Å²) in [4.78, 5) is 15.2. The molecule has 0 bridgehead atoms. The number of likely N-dealkylation sites (N-methyl/N-ethyl adjacent to an activating group) is 1. The van der Waals surface area contributed by atoms with Crippen LogP contribution in [0.1, 0.15) is 17.5 Å². The second-order valence-electron chi connectivity index (χ2n) is 6.13. The third-order valence-corrected chi connectivity index (χ3v) is 4.02. The molecule has 1 amide bonds. The van der Waals surface area contributed by atoms with Crippen molar-refractivity contribution in [2.75, 3.05) is 45.1 Å². The van der Waals surface area contributed by atoms with Gasteiger partial charge in [-0.25, -0.2) is 0 Å². The number of amides is 1. The van der Waals surface area contributed by atoms with Crippen molar-refractivity contribution >= 4 is 11.6 Å². The zero-order valence-corrected chi connectivity index (χ0v) is 12.9. The highest BCUT2D eigenvalue weighted by molar-refractivity contribution is 5.90. The Labute approximate surface area is 121 Å². The van der Waals surface area contributed by atoms with Crippen LogP contribution in [0.4, 0.5) is 5.69 Å². The number of aryl methyl sites for hydroxylation is 2. The number of piperazine rings is 1. The van der Waals surface area contributed by atoms with Crippen LogP contribution in [0.25, 0.3) is 0 Å². The molecule has 1 heterocycles. The molecule has 0 spiro atoms. The number of rotatable bonds is 4. The van der Waals surface area contributed by atoms with Gasteiger partial charge in [-0.15, -0.1) is 0 Å². The Morgan fingerprint density at radius 3 is 2.30 bits per heavy atom. The molecule has 1 fully saturated rings. The van der Waals surface area contributed by atoms with Gasteiger partial charge in [0.2, 0.25) is 5.91 Å². The Morgan fingerprint density at radius 2 is 1.70 bits per heavy atom. The van der Waals surface area contributed by atoms with Gasteiger partial charge >= 0.3 is 0 Å². The fourth-order valence-electron chi connectivity index (χ4n) is 2.84. The number of carbonyl (C=O) groups excluding carboxylic acids is 1. The molecule has 1 aromatic rings. The number of benzene rings is 1. The first kappa shape index (κ1) is 15.0. The maximum absolute atomic E-state index is 12.0. The molecule has 1 aliphatic rings. The quantitative estimate of drug-likeness (QED) is 0.652. The van der Waals surface area contributed by atoms with E-state index in [1.807, 2.05) is 12.1 Å². The normalized spacial score (nSPS) is 22.6. The van der Waals surface area contributed by atoms with Crippen LogP contribution < -0.4 is 15.1 Å². The highest BCUT2D eigenvalue weighted by Gasteiger charge is 2.20. The molecule has 4 heteroatoms. The molecule has 0 radical (unpaired) electrons. The van der Waals surface area contributed by atoms with Crippen molar-refractivity contribution in [2.45, 2.75) is 20.3 Å². The number of anilines is 1. The number of hydrogen-bond donors (Lipinski definition) is 3. The van der Waals surface area contributed by atoms with E-state index in [0.717, 1.165) is 12.2 Å². The molecule has 3 N–H and O–H groups in total. The van der Waals surface area contributed by atoms with Crippen molar-refractivity contribution in [1.29, 1.82) is 0 Å². The first-order chi connectivity index (χ1) is 9.52. The Balaban J connectivity index is 1.77. The van der Waals surface area contributed by atoms with Crippen LogP contribution in [0.5, 0.6) is 0 Å². The van der Waals surface area contributed by atoms with E-state index in [-0.39, 0.29) is 5.91 Å². The van der Waals surface area contributed by atoms with E-state index in [9.17, 15) is 4.79 Å². The number of nitrogens with one attached hydrogen (secondary N) is 3. The van der Waals surface area contributed by atoms with Crippen LogP contribution >= 0.6 is 0 Å². The van der Waals surface area contributed by atoms with Gasteiger partial charge < -0.3 is 15.1 Å². The maximum Gasteiger partial charge on any atom is 0.230 e. The maximum atomic E-state index is 12.0. The van der Waals surface area contributed by atoms with Gasteiger partial charge in [-0.05, 0) is 37.1 Å². The van der Waals surface area contributed by atoms with Gasteiger partial charge in [-0.1, -0.05) is 6.07 Å². The van der Waals surface area contributed by atoms with Gasteiger partial charge in [-0.2, -0.15) is 0 Å². The summed E-state index contributed by atoms with van der Waals surface area (Å²) in [6.45, 7) is 9.86. The van der Waals surface area contributed by atoms with E-state index < -0.39 is 0 Å². The summed E-state index contributed by atoms with van der Waals surface area (Å²) in [6, 6.07) is 6.17. The lowest BCUT2D eigenvalue weighted by molar-refractivity contribution is -1.00. The topological polar surface area (TPSA) is 38.0 Å². The Hall–Kier alpha value is -1.39. The van der Waals surface area contributed by atoms with E-state index in [1.165, 1.54) is 37.3 Å². The van der Waals surface area contributed by atoms with Crippen LogP contribution in [-0.2, 0) is 4.79 Å². The average molecular weight is 277 g/mol. The van der Waals surface area contributed by atoms with Gasteiger partial charge in [0, 0.05) is 5.69 Å². The smallest absolute Gasteiger partial charge is 0.230 e. The van der Waals surface area contributed by atoms with Crippen LogP contribution in [0.2, 0.25) is 0 Å². The fourth-order valence-corrected chi connectivity index (χ4v) is 2.84. The lowest BCUT2D eigenvalue weighted by atomic mass is 10.1. The molecule has 0 unspecified atom stereocenters. The molecule has 0 atom stereocenters. The molecule has 1 saturated heterocycles.